The Morgan fingerprint density at radius 1 is 0.926 bits per heavy atom. The zero-order valence-electron chi connectivity index (χ0n) is 14.7. The van der Waals surface area contributed by atoms with Crippen LogP contribution in [-0.4, -0.2) is 16.0 Å². The Bertz CT molecular complexity index is 1130. The summed E-state index contributed by atoms with van der Waals surface area (Å²) in [7, 11) is 0. The second-order valence-corrected chi connectivity index (χ2v) is 7.21. The van der Waals surface area contributed by atoms with Crippen molar-refractivity contribution in [3.8, 4) is 11.5 Å². The minimum Gasteiger partial charge on any atom is -0.504 e. The molecule has 0 fully saturated rings. The van der Waals surface area contributed by atoms with Crippen LogP contribution >= 0.6 is 0 Å². The summed E-state index contributed by atoms with van der Waals surface area (Å²) >= 11 is 0. The molecular weight excluding hydrogens is 338 g/mol. The van der Waals surface area contributed by atoms with E-state index in [-0.39, 0.29) is 23.3 Å². The standard InChI is InChI=1S/C23H19NO3/c25-18-11-9-14(12-20(18)27)22-16-6-3-7-19(26)21(16)17-10-8-13-4-1-2-5-15(13)23(17)24-22/h1-2,4-5,8-12,22,24-25,27H,3,6-7H2/t22-/m1/s1. The molecule has 0 saturated heterocycles. The van der Waals surface area contributed by atoms with Gasteiger partial charge in [-0.2, -0.15) is 0 Å². The van der Waals surface area contributed by atoms with Crippen LogP contribution in [0.15, 0.2) is 60.2 Å². The van der Waals surface area contributed by atoms with Crippen molar-refractivity contribution < 1.29 is 15.0 Å². The van der Waals surface area contributed by atoms with Crippen LogP contribution in [0, 0.1) is 0 Å². The van der Waals surface area contributed by atoms with E-state index in [1.165, 1.54) is 6.07 Å². The van der Waals surface area contributed by atoms with Crippen LogP contribution in [0.3, 0.4) is 0 Å². The predicted octanol–water partition coefficient (Wildman–Crippen LogP) is 4.92. The molecule has 27 heavy (non-hydrogen) atoms. The van der Waals surface area contributed by atoms with E-state index >= 15 is 0 Å². The van der Waals surface area contributed by atoms with Crippen LogP contribution in [-0.2, 0) is 4.79 Å². The summed E-state index contributed by atoms with van der Waals surface area (Å²) in [5, 5.41) is 25.5. The Morgan fingerprint density at radius 2 is 1.78 bits per heavy atom. The number of nitrogens with one attached hydrogen (secondary N) is 1. The second-order valence-electron chi connectivity index (χ2n) is 7.21. The number of carbonyl (C=O) groups excluding carboxylic acids is 1. The summed E-state index contributed by atoms with van der Waals surface area (Å²) in [5.41, 5.74) is 4.65. The first kappa shape index (κ1) is 15.9. The summed E-state index contributed by atoms with van der Waals surface area (Å²) in [6.07, 6.45) is 2.24. The van der Waals surface area contributed by atoms with Crippen molar-refractivity contribution in [2.24, 2.45) is 0 Å². The molecule has 1 heterocycles. The lowest BCUT2D eigenvalue weighted by atomic mass is 9.77. The number of rotatable bonds is 1. The fraction of sp³-hybridized carbons (Fsp3) is 0.174. The van der Waals surface area contributed by atoms with Gasteiger partial charge in [0.15, 0.2) is 17.3 Å². The van der Waals surface area contributed by atoms with E-state index in [0.29, 0.717) is 6.42 Å². The van der Waals surface area contributed by atoms with E-state index in [1.54, 1.807) is 12.1 Å². The highest BCUT2D eigenvalue weighted by Gasteiger charge is 2.34. The molecule has 1 aliphatic carbocycles. The molecule has 3 aromatic rings. The Kier molecular flexibility index (Phi) is 3.47. The average molecular weight is 357 g/mol. The lowest BCUT2D eigenvalue weighted by molar-refractivity contribution is -0.114. The molecule has 1 aliphatic heterocycles. The number of carbonyl (C=O) groups is 1. The van der Waals surface area contributed by atoms with Crippen molar-refractivity contribution in [2.75, 3.05) is 5.32 Å². The van der Waals surface area contributed by atoms with Gasteiger partial charge in [-0.1, -0.05) is 42.5 Å². The number of anilines is 1. The van der Waals surface area contributed by atoms with E-state index in [4.69, 9.17) is 0 Å². The maximum absolute atomic E-state index is 12.9. The monoisotopic (exact) mass is 357 g/mol. The van der Waals surface area contributed by atoms with E-state index in [9.17, 15) is 15.0 Å². The molecule has 3 aromatic carbocycles. The molecule has 1 atom stereocenters. The molecule has 134 valence electrons. The number of hydrogen-bond donors (Lipinski definition) is 3. The van der Waals surface area contributed by atoms with E-state index in [0.717, 1.165) is 51.6 Å². The predicted molar refractivity (Wildman–Crippen MR) is 106 cm³/mol. The van der Waals surface area contributed by atoms with Crippen LogP contribution in [0.1, 0.15) is 36.4 Å². The van der Waals surface area contributed by atoms with Gasteiger partial charge in [-0.25, -0.2) is 0 Å². The summed E-state index contributed by atoms with van der Waals surface area (Å²) < 4.78 is 0. The number of aromatic hydroxyl groups is 2. The molecule has 4 nitrogen and oxygen atoms in total. The highest BCUT2D eigenvalue weighted by Crippen LogP contribution is 2.48. The molecule has 4 heteroatoms. The van der Waals surface area contributed by atoms with Gasteiger partial charge in [0.25, 0.3) is 0 Å². The number of fused-ring (bicyclic) bond motifs is 4. The minimum absolute atomic E-state index is 0.144. The SMILES string of the molecule is O=C1CCCC2=C1c1ccc3ccccc3c1N[C@@H]2c1ccc(O)c(O)c1. The molecule has 0 spiro atoms. The quantitative estimate of drug-likeness (QED) is 0.541. The van der Waals surface area contributed by atoms with Gasteiger partial charge >= 0.3 is 0 Å². The number of ketones is 1. The Balaban J connectivity index is 1.78. The van der Waals surface area contributed by atoms with Crippen LogP contribution in [0.4, 0.5) is 5.69 Å². The van der Waals surface area contributed by atoms with E-state index < -0.39 is 0 Å². The first-order valence-electron chi connectivity index (χ1n) is 9.20. The average Bonchev–Trinajstić information content (AvgIpc) is 2.69. The Hall–Kier alpha value is -3.27. The van der Waals surface area contributed by atoms with Crippen molar-refractivity contribution in [3.05, 3.63) is 71.3 Å². The van der Waals surface area contributed by atoms with Crippen molar-refractivity contribution in [1.82, 2.24) is 0 Å². The molecule has 3 N–H and O–H groups in total. The molecule has 5 rings (SSSR count). The van der Waals surface area contributed by atoms with Gasteiger partial charge in [0, 0.05) is 22.9 Å². The highest BCUT2D eigenvalue weighted by atomic mass is 16.3. The number of Topliss-reactive ketones (excluding diaryl/α,β-unsaturated/α-hetero) is 1. The van der Waals surface area contributed by atoms with Gasteiger partial charge in [-0.3, -0.25) is 4.79 Å². The van der Waals surface area contributed by atoms with Gasteiger partial charge in [0.1, 0.15) is 0 Å². The lowest BCUT2D eigenvalue weighted by Crippen LogP contribution is -2.25. The van der Waals surface area contributed by atoms with Gasteiger partial charge < -0.3 is 15.5 Å². The number of benzene rings is 3. The Morgan fingerprint density at radius 3 is 2.63 bits per heavy atom. The summed E-state index contributed by atoms with van der Waals surface area (Å²) in [6.45, 7) is 0. The fourth-order valence-electron chi connectivity index (χ4n) is 4.35. The molecule has 0 bridgehead atoms. The number of allylic oxidation sites excluding steroid dienone is 1. The number of phenols is 2. The van der Waals surface area contributed by atoms with E-state index in [1.807, 2.05) is 18.2 Å². The van der Waals surface area contributed by atoms with Crippen LogP contribution in [0.5, 0.6) is 11.5 Å². The zero-order chi connectivity index (χ0) is 18.5. The van der Waals surface area contributed by atoms with E-state index in [2.05, 4.69) is 23.5 Å². The molecule has 0 amide bonds. The normalized spacial score (nSPS) is 18.8. The van der Waals surface area contributed by atoms with Crippen LogP contribution in [0.2, 0.25) is 0 Å². The number of phenolic OH excluding ortho intramolecular Hbond substituents is 2. The van der Waals surface area contributed by atoms with Gasteiger partial charge in [0.2, 0.25) is 0 Å². The van der Waals surface area contributed by atoms with Crippen molar-refractivity contribution >= 4 is 27.8 Å². The minimum atomic E-state index is -0.200. The van der Waals surface area contributed by atoms with Gasteiger partial charge in [-0.05, 0) is 41.5 Å². The van der Waals surface area contributed by atoms with Crippen LogP contribution in [0.25, 0.3) is 16.3 Å². The topological polar surface area (TPSA) is 69.6 Å². The molecule has 2 aliphatic rings. The highest BCUT2D eigenvalue weighted by molar-refractivity contribution is 6.26. The largest absolute Gasteiger partial charge is 0.504 e. The first-order valence-corrected chi connectivity index (χ1v) is 9.20. The number of hydrogen-bond acceptors (Lipinski definition) is 4. The van der Waals surface area contributed by atoms with Gasteiger partial charge in [-0.15, -0.1) is 0 Å². The molecule has 0 saturated carbocycles. The third kappa shape index (κ3) is 2.40. The van der Waals surface area contributed by atoms with Crippen molar-refractivity contribution in [1.29, 1.82) is 0 Å². The van der Waals surface area contributed by atoms with Crippen molar-refractivity contribution in [2.45, 2.75) is 25.3 Å². The molecule has 0 unspecified atom stereocenters. The molecular formula is C23H19NO3. The lowest BCUT2D eigenvalue weighted by Gasteiger charge is -2.35. The maximum atomic E-state index is 12.9. The summed E-state index contributed by atoms with van der Waals surface area (Å²) in [5.74, 6) is -0.112. The second kappa shape index (κ2) is 5.88. The Labute approximate surface area is 156 Å². The molecule has 0 radical (unpaired) electrons. The third-order valence-corrected chi connectivity index (χ3v) is 5.62. The smallest absolute Gasteiger partial charge is 0.163 e. The summed E-state index contributed by atoms with van der Waals surface area (Å²) in [6, 6.07) is 16.9. The molecule has 0 aromatic heterocycles. The third-order valence-electron chi connectivity index (χ3n) is 5.62. The van der Waals surface area contributed by atoms with Gasteiger partial charge in [0.05, 0.1) is 11.7 Å². The zero-order valence-corrected chi connectivity index (χ0v) is 14.7. The maximum Gasteiger partial charge on any atom is 0.163 e. The van der Waals surface area contributed by atoms with Crippen LogP contribution < -0.4 is 5.32 Å². The van der Waals surface area contributed by atoms with Crippen molar-refractivity contribution in [3.63, 3.8) is 0 Å². The fourth-order valence-corrected chi connectivity index (χ4v) is 4.35. The first-order chi connectivity index (χ1) is 13.1. The summed E-state index contributed by atoms with van der Waals surface area (Å²) in [4.78, 5) is 12.9.